The van der Waals surface area contributed by atoms with Gasteiger partial charge in [0.05, 0.1) is 5.52 Å². The molecule has 2 nitrogen and oxygen atoms in total. The minimum atomic E-state index is 1.02. The number of aromatic nitrogens is 2. The van der Waals surface area contributed by atoms with E-state index in [1.54, 1.807) is 6.20 Å². The normalized spacial score (nSPS) is 11.1. The molecule has 0 spiro atoms. The Morgan fingerprint density at radius 1 is 0.833 bits per heavy atom. The van der Waals surface area contributed by atoms with Crippen molar-refractivity contribution in [2.24, 2.45) is 0 Å². The summed E-state index contributed by atoms with van der Waals surface area (Å²) in [7, 11) is 0. The Morgan fingerprint density at radius 3 is 2.67 bits per heavy atom. The number of para-hydroxylation sites is 1. The van der Waals surface area contributed by atoms with Crippen molar-refractivity contribution in [3.8, 4) is 0 Å². The van der Waals surface area contributed by atoms with Crippen LogP contribution >= 0.6 is 0 Å². The fourth-order valence-corrected chi connectivity index (χ4v) is 1.92. The zero-order valence-corrected chi connectivity index (χ0v) is 9.82. The van der Waals surface area contributed by atoms with Gasteiger partial charge in [-0.2, -0.15) is 0 Å². The maximum atomic E-state index is 4.35. The highest BCUT2D eigenvalue weighted by Gasteiger charge is 1.97. The molecular weight excluding hydrogens is 220 g/mol. The minimum absolute atomic E-state index is 1.02. The number of rotatable bonds is 2. The van der Waals surface area contributed by atoms with Crippen molar-refractivity contribution >= 4 is 23.1 Å². The predicted octanol–water partition coefficient (Wildman–Crippen LogP) is 3.80. The Morgan fingerprint density at radius 2 is 1.78 bits per heavy atom. The van der Waals surface area contributed by atoms with E-state index in [0.717, 1.165) is 11.1 Å². The lowest BCUT2D eigenvalue weighted by Crippen LogP contribution is -1.81. The first-order valence-electron chi connectivity index (χ1n) is 5.85. The fourth-order valence-electron chi connectivity index (χ4n) is 1.92. The number of fused-ring (bicyclic) bond motifs is 1. The van der Waals surface area contributed by atoms with E-state index in [-0.39, 0.29) is 0 Å². The molecule has 3 aromatic rings. The average Bonchev–Trinajstić information content (AvgIpc) is 2.46. The van der Waals surface area contributed by atoms with E-state index < -0.39 is 0 Å². The van der Waals surface area contributed by atoms with Gasteiger partial charge in [-0.3, -0.25) is 9.97 Å². The summed E-state index contributed by atoms with van der Waals surface area (Å²) in [5, 5.41) is 1.17. The van der Waals surface area contributed by atoms with E-state index in [2.05, 4.69) is 28.2 Å². The van der Waals surface area contributed by atoms with Crippen molar-refractivity contribution in [3.63, 3.8) is 0 Å². The summed E-state index contributed by atoms with van der Waals surface area (Å²) in [5.74, 6) is 0. The minimum Gasteiger partial charge on any atom is -0.264 e. The summed E-state index contributed by atoms with van der Waals surface area (Å²) in [6, 6.07) is 14.1. The first-order valence-corrected chi connectivity index (χ1v) is 5.85. The molecule has 0 saturated carbocycles. The summed E-state index contributed by atoms with van der Waals surface area (Å²) in [6.07, 6.45) is 9.63. The third-order valence-electron chi connectivity index (χ3n) is 2.82. The number of hydrogen-bond acceptors (Lipinski definition) is 2. The van der Waals surface area contributed by atoms with Crippen molar-refractivity contribution in [2.45, 2.75) is 0 Å². The van der Waals surface area contributed by atoms with Gasteiger partial charge in [-0.1, -0.05) is 36.4 Å². The fraction of sp³-hybridized carbons (Fsp3) is 0. The van der Waals surface area contributed by atoms with Crippen LogP contribution in [0.25, 0.3) is 23.1 Å². The van der Waals surface area contributed by atoms with E-state index in [0.29, 0.717) is 0 Å². The van der Waals surface area contributed by atoms with Gasteiger partial charge in [0, 0.05) is 24.0 Å². The average molecular weight is 232 g/mol. The van der Waals surface area contributed by atoms with Crippen LogP contribution in [0, 0.1) is 0 Å². The van der Waals surface area contributed by atoms with Gasteiger partial charge in [-0.25, -0.2) is 0 Å². The molecule has 18 heavy (non-hydrogen) atoms. The molecule has 0 radical (unpaired) electrons. The van der Waals surface area contributed by atoms with Crippen LogP contribution in [0.1, 0.15) is 11.1 Å². The lowest BCUT2D eigenvalue weighted by atomic mass is 10.1. The third kappa shape index (κ3) is 2.13. The monoisotopic (exact) mass is 232 g/mol. The van der Waals surface area contributed by atoms with Gasteiger partial charge >= 0.3 is 0 Å². The molecule has 0 unspecified atom stereocenters. The highest BCUT2D eigenvalue weighted by Crippen LogP contribution is 2.18. The maximum Gasteiger partial charge on any atom is 0.0707 e. The second-order valence-electron chi connectivity index (χ2n) is 4.04. The second kappa shape index (κ2) is 4.80. The molecule has 0 saturated heterocycles. The number of pyridine rings is 2. The molecule has 0 fully saturated rings. The summed E-state index contributed by atoms with van der Waals surface area (Å²) in [6.45, 7) is 0. The summed E-state index contributed by atoms with van der Waals surface area (Å²) < 4.78 is 0. The summed E-state index contributed by atoms with van der Waals surface area (Å²) in [4.78, 5) is 8.45. The van der Waals surface area contributed by atoms with Crippen LogP contribution < -0.4 is 0 Å². The van der Waals surface area contributed by atoms with Crippen LogP contribution in [0.5, 0.6) is 0 Å². The van der Waals surface area contributed by atoms with Crippen molar-refractivity contribution in [1.29, 1.82) is 0 Å². The Hall–Kier alpha value is -2.48. The van der Waals surface area contributed by atoms with Crippen molar-refractivity contribution in [3.05, 3.63) is 72.2 Å². The zero-order chi connectivity index (χ0) is 12.2. The van der Waals surface area contributed by atoms with E-state index in [1.807, 2.05) is 48.8 Å². The Balaban J connectivity index is 2.03. The topological polar surface area (TPSA) is 25.8 Å². The molecule has 2 heterocycles. The molecule has 0 amide bonds. The quantitative estimate of drug-likeness (QED) is 0.671. The van der Waals surface area contributed by atoms with Gasteiger partial charge in [0.25, 0.3) is 0 Å². The number of hydrogen-bond donors (Lipinski definition) is 0. The van der Waals surface area contributed by atoms with E-state index in [4.69, 9.17) is 0 Å². The second-order valence-corrected chi connectivity index (χ2v) is 4.04. The van der Waals surface area contributed by atoms with Gasteiger partial charge in [-0.05, 0) is 29.3 Å². The van der Waals surface area contributed by atoms with Gasteiger partial charge in [0.15, 0.2) is 0 Å². The standard InChI is InChI=1S/C16H12N2/c1-2-6-16-15(5-1)14(9-11-18-16)8-7-13-4-3-10-17-12-13/h1-12H/b8-7-. The third-order valence-corrected chi connectivity index (χ3v) is 2.82. The SMILES string of the molecule is C(=C/c1ccnc2ccccc12)/c1cccnc1. The lowest BCUT2D eigenvalue weighted by Gasteiger charge is -2.00. The molecule has 0 N–H and O–H groups in total. The van der Waals surface area contributed by atoms with Crippen molar-refractivity contribution < 1.29 is 0 Å². The molecule has 0 aliphatic heterocycles. The molecule has 2 aromatic heterocycles. The van der Waals surface area contributed by atoms with Gasteiger partial charge in [0.1, 0.15) is 0 Å². The molecule has 0 aliphatic rings. The molecule has 1 aromatic carbocycles. The number of benzene rings is 1. The molecule has 0 aliphatic carbocycles. The Labute approximate surface area is 106 Å². The molecular formula is C16H12N2. The molecule has 0 atom stereocenters. The predicted molar refractivity (Wildman–Crippen MR) is 74.9 cm³/mol. The first kappa shape index (κ1) is 10.7. The van der Waals surface area contributed by atoms with Crippen LogP contribution in [0.15, 0.2) is 61.1 Å². The maximum absolute atomic E-state index is 4.35. The van der Waals surface area contributed by atoms with Crippen LogP contribution in [0.3, 0.4) is 0 Å². The number of nitrogens with zero attached hydrogens (tertiary/aromatic N) is 2. The highest BCUT2D eigenvalue weighted by atomic mass is 14.6. The Kier molecular flexibility index (Phi) is 2.84. The molecule has 2 heteroatoms. The zero-order valence-electron chi connectivity index (χ0n) is 9.82. The van der Waals surface area contributed by atoms with Crippen molar-refractivity contribution in [1.82, 2.24) is 9.97 Å². The van der Waals surface area contributed by atoms with Gasteiger partial charge < -0.3 is 0 Å². The van der Waals surface area contributed by atoms with Crippen LogP contribution in [-0.2, 0) is 0 Å². The highest BCUT2D eigenvalue weighted by molar-refractivity contribution is 5.90. The van der Waals surface area contributed by atoms with Crippen LogP contribution in [0.4, 0.5) is 0 Å². The first-order chi connectivity index (χ1) is 8.93. The van der Waals surface area contributed by atoms with Crippen LogP contribution in [0.2, 0.25) is 0 Å². The lowest BCUT2D eigenvalue weighted by molar-refractivity contribution is 1.32. The molecule has 0 bridgehead atoms. The van der Waals surface area contributed by atoms with E-state index >= 15 is 0 Å². The van der Waals surface area contributed by atoms with Gasteiger partial charge in [0.2, 0.25) is 0 Å². The van der Waals surface area contributed by atoms with E-state index in [9.17, 15) is 0 Å². The van der Waals surface area contributed by atoms with E-state index in [1.165, 1.54) is 10.9 Å². The Bertz CT molecular complexity index is 682. The largest absolute Gasteiger partial charge is 0.264 e. The summed E-state index contributed by atoms with van der Waals surface area (Å²) >= 11 is 0. The van der Waals surface area contributed by atoms with Crippen molar-refractivity contribution in [2.75, 3.05) is 0 Å². The summed E-state index contributed by atoms with van der Waals surface area (Å²) in [5.41, 5.74) is 3.29. The molecule has 86 valence electrons. The van der Waals surface area contributed by atoms with Gasteiger partial charge in [-0.15, -0.1) is 0 Å². The van der Waals surface area contributed by atoms with Crippen LogP contribution in [-0.4, -0.2) is 9.97 Å². The smallest absolute Gasteiger partial charge is 0.0707 e. The molecule has 3 rings (SSSR count).